The highest BCUT2D eigenvalue weighted by molar-refractivity contribution is 6.33. The second-order valence-corrected chi connectivity index (χ2v) is 7.84. The van der Waals surface area contributed by atoms with Gasteiger partial charge in [-0.3, -0.25) is 4.79 Å². The molecule has 1 atom stereocenters. The lowest BCUT2D eigenvalue weighted by atomic mass is 10.1. The van der Waals surface area contributed by atoms with Crippen LogP contribution in [0, 0.1) is 6.92 Å². The minimum Gasteiger partial charge on any atom is -0.394 e. The molecule has 4 rings (SSSR count). The number of aryl methyl sites for hydroxylation is 1. The summed E-state index contributed by atoms with van der Waals surface area (Å²) in [6.07, 6.45) is 5.24. The first-order valence-electron chi connectivity index (χ1n) is 10.2. The molecule has 2 aromatic carbocycles. The summed E-state index contributed by atoms with van der Waals surface area (Å²) in [5.74, 6) is 0.378. The summed E-state index contributed by atoms with van der Waals surface area (Å²) in [6.45, 7) is 1.80. The Hall–Kier alpha value is -3.61. The van der Waals surface area contributed by atoms with Crippen LogP contribution in [0.3, 0.4) is 0 Å². The molecule has 32 heavy (non-hydrogen) atoms. The maximum absolute atomic E-state index is 12.7. The Balaban J connectivity index is 1.49. The van der Waals surface area contributed by atoms with Gasteiger partial charge in [-0.25, -0.2) is 4.98 Å². The number of aliphatic hydroxyl groups is 1. The number of carbonyl (C=O) groups is 1. The summed E-state index contributed by atoms with van der Waals surface area (Å²) < 4.78 is 1.84. The van der Waals surface area contributed by atoms with E-state index in [9.17, 15) is 9.90 Å². The second-order valence-electron chi connectivity index (χ2n) is 7.43. The third-order valence-corrected chi connectivity index (χ3v) is 5.39. The quantitative estimate of drug-likeness (QED) is 0.371. The Morgan fingerprint density at radius 1 is 1.12 bits per heavy atom. The molecule has 2 aromatic heterocycles. The number of aromatic nitrogens is 2. The van der Waals surface area contributed by atoms with Crippen molar-refractivity contribution in [3.8, 4) is 5.69 Å². The third-order valence-electron chi connectivity index (χ3n) is 5.07. The van der Waals surface area contributed by atoms with E-state index in [2.05, 4.69) is 15.6 Å². The number of benzene rings is 2. The van der Waals surface area contributed by atoms with E-state index in [1.54, 1.807) is 18.5 Å². The Morgan fingerprint density at radius 3 is 2.69 bits per heavy atom. The number of nitrogens with zero attached hydrogens (tertiary/aromatic N) is 2. The molecule has 0 spiro atoms. The first-order chi connectivity index (χ1) is 15.5. The zero-order valence-corrected chi connectivity index (χ0v) is 18.3. The van der Waals surface area contributed by atoms with Crippen LogP contribution in [0.4, 0.5) is 11.5 Å². The van der Waals surface area contributed by atoms with E-state index in [0.29, 0.717) is 16.4 Å². The maximum atomic E-state index is 12.7. The van der Waals surface area contributed by atoms with Crippen molar-refractivity contribution in [1.82, 2.24) is 14.9 Å². The monoisotopic (exact) mass is 446 g/mol. The van der Waals surface area contributed by atoms with Gasteiger partial charge in [0.25, 0.3) is 5.91 Å². The van der Waals surface area contributed by atoms with E-state index in [1.165, 1.54) is 0 Å². The summed E-state index contributed by atoms with van der Waals surface area (Å²) in [4.78, 5) is 17.1. The maximum Gasteiger partial charge on any atom is 0.253 e. The van der Waals surface area contributed by atoms with Crippen LogP contribution < -0.4 is 10.6 Å². The van der Waals surface area contributed by atoms with Crippen molar-refractivity contribution < 1.29 is 9.90 Å². The number of aliphatic hydroxyl groups excluding tert-OH is 1. The van der Waals surface area contributed by atoms with Gasteiger partial charge in [-0.15, -0.1) is 0 Å². The smallest absolute Gasteiger partial charge is 0.253 e. The molecular weight excluding hydrogens is 424 g/mol. The number of pyridine rings is 1. The molecule has 1 amide bonds. The van der Waals surface area contributed by atoms with Gasteiger partial charge < -0.3 is 20.3 Å². The highest BCUT2D eigenvalue weighted by Gasteiger charge is 2.16. The molecule has 0 fully saturated rings. The van der Waals surface area contributed by atoms with Crippen molar-refractivity contribution in [1.29, 1.82) is 0 Å². The summed E-state index contributed by atoms with van der Waals surface area (Å²) in [5.41, 5.74) is 4.03. The van der Waals surface area contributed by atoms with E-state index < -0.39 is 6.04 Å². The van der Waals surface area contributed by atoms with Crippen molar-refractivity contribution in [3.63, 3.8) is 0 Å². The predicted octanol–water partition coefficient (Wildman–Crippen LogP) is 5.04. The molecular formula is C25H23ClN4O2. The summed E-state index contributed by atoms with van der Waals surface area (Å²) in [6, 6.07) is 20.2. The molecule has 0 aliphatic rings. The molecule has 0 aliphatic carbocycles. The molecule has 0 aliphatic heterocycles. The Kier molecular flexibility index (Phi) is 6.54. The lowest BCUT2D eigenvalue weighted by Crippen LogP contribution is -2.30. The largest absolute Gasteiger partial charge is 0.394 e. The third kappa shape index (κ3) is 4.99. The standard InChI is InChI=1S/C25H23ClN4O2/c1-17-7-8-22(21(26)13-17)28-24-14-20(9-11-27-24)30-12-10-19(15-30)25(32)29-23(16-31)18-5-3-2-4-6-18/h2-15,23,31H,16H2,1H3,(H,27,28)(H,29,32). The zero-order chi connectivity index (χ0) is 22.5. The van der Waals surface area contributed by atoms with Gasteiger partial charge in [-0.05, 0) is 42.3 Å². The first kappa shape index (κ1) is 21.6. The van der Waals surface area contributed by atoms with Crippen LogP contribution in [-0.4, -0.2) is 27.2 Å². The molecule has 1 unspecified atom stereocenters. The topological polar surface area (TPSA) is 79.2 Å². The van der Waals surface area contributed by atoms with E-state index in [0.717, 1.165) is 22.5 Å². The van der Waals surface area contributed by atoms with Crippen molar-refractivity contribution in [2.24, 2.45) is 0 Å². The van der Waals surface area contributed by atoms with Gasteiger partial charge in [-0.2, -0.15) is 0 Å². The van der Waals surface area contributed by atoms with Crippen LogP contribution in [0.2, 0.25) is 5.02 Å². The number of hydrogen-bond donors (Lipinski definition) is 3. The fourth-order valence-electron chi connectivity index (χ4n) is 3.36. The minimum absolute atomic E-state index is 0.183. The van der Waals surface area contributed by atoms with Crippen molar-refractivity contribution >= 4 is 29.0 Å². The summed E-state index contributed by atoms with van der Waals surface area (Å²) in [5, 5.41) is 16.4. The van der Waals surface area contributed by atoms with E-state index >= 15 is 0 Å². The highest BCUT2D eigenvalue weighted by Crippen LogP contribution is 2.26. The van der Waals surface area contributed by atoms with Crippen LogP contribution in [0.5, 0.6) is 0 Å². The van der Waals surface area contributed by atoms with E-state index in [4.69, 9.17) is 11.6 Å². The molecule has 6 nitrogen and oxygen atoms in total. The number of anilines is 2. The van der Waals surface area contributed by atoms with Gasteiger partial charge in [0.2, 0.25) is 0 Å². The van der Waals surface area contributed by atoms with Gasteiger partial charge in [0.15, 0.2) is 0 Å². The zero-order valence-electron chi connectivity index (χ0n) is 17.5. The van der Waals surface area contributed by atoms with Gasteiger partial charge in [0, 0.05) is 24.7 Å². The van der Waals surface area contributed by atoms with Crippen LogP contribution >= 0.6 is 11.6 Å². The predicted molar refractivity (Wildman–Crippen MR) is 127 cm³/mol. The lowest BCUT2D eigenvalue weighted by Gasteiger charge is -2.16. The van der Waals surface area contributed by atoms with E-state index in [1.807, 2.05) is 78.4 Å². The van der Waals surface area contributed by atoms with E-state index in [-0.39, 0.29) is 12.5 Å². The molecule has 7 heteroatoms. The van der Waals surface area contributed by atoms with Gasteiger partial charge >= 0.3 is 0 Å². The fourth-order valence-corrected chi connectivity index (χ4v) is 3.64. The molecule has 2 heterocycles. The van der Waals surface area contributed by atoms with Gasteiger partial charge in [0.1, 0.15) is 5.82 Å². The van der Waals surface area contributed by atoms with Crippen LogP contribution in [0.25, 0.3) is 5.69 Å². The van der Waals surface area contributed by atoms with Gasteiger partial charge in [-0.1, -0.05) is 48.0 Å². The highest BCUT2D eigenvalue weighted by atomic mass is 35.5. The molecule has 0 saturated carbocycles. The average Bonchev–Trinajstić information content (AvgIpc) is 3.31. The first-order valence-corrected chi connectivity index (χ1v) is 10.6. The van der Waals surface area contributed by atoms with Crippen molar-refractivity contribution in [3.05, 3.63) is 107 Å². The Bertz CT molecular complexity index is 1220. The number of rotatable bonds is 7. The number of carbonyl (C=O) groups excluding carboxylic acids is 1. The summed E-state index contributed by atoms with van der Waals surface area (Å²) in [7, 11) is 0. The molecule has 162 valence electrons. The molecule has 3 N–H and O–H groups in total. The SMILES string of the molecule is Cc1ccc(Nc2cc(-n3ccc(C(=O)NC(CO)c4ccccc4)c3)ccn2)c(Cl)c1. The minimum atomic E-state index is -0.469. The van der Waals surface area contributed by atoms with Crippen LogP contribution in [-0.2, 0) is 0 Å². The molecule has 0 radical (unpaired) electrons. The van der Waals surface area contributed by atoms with Crippen molar-refractivity contribution in [2.75, 3.05) is 11.9 Å². The average molecular weight is 447 g/mol. The summed E-state index contributed by atoms with van der Waals surface area (Å²) >= 11 is 6.31. The normalized spacial score (nSPS) is 11.7. The molecule has 0 bridgehead atoms. The lowest BCUT2D eigenvalue weighted by molar-refractivity contribution is 0.0916. The number of halogens is 1. The van der Waals surface area contributed by atoms with Crippen LogP contribution in [0.1, 0.15) is 27.5 Å². The van der Waals surface area contributed by atoms with Crippen molar-refractivity contribution in [2.45, 2.75) is 13.0 Å². The molecule has 0 saturated heterocycles. The fraction of sp³-hybridized carbons (Fsp3) is 0.120. The number of hydrogen-bond acceptors (Lipinski definition) is 4. The van der Waals surface area contributed by atoms with Crippen LogP contribution in [0.15, 0.2) is 85.3 Å². The Morgan fingerprint density at radius 2 is 1.94 bits per heavy atom. The van der Waals surface area contributed by atoms with Gasteiger partial charge in [0.05, 0.1) is 34.6 Å². The number of amides is 1. The molecule has 4 aromatic rings. The second kappa shape index (κ2) is 9.68. The Labute approximate surface area is 191 Å². The number of nitrogens with one attached hydrogen (secondary N) is 2.